The van der Waals surface area contributed by atoms with E-state index in [9.17, 15) is 0 Å². The maximum Gasteiger partial charge on any atom is 0.130 e. The minimum Gasteiger partial charge on any atom is -0.326 e. The number of aromatic nitrogens is 2. The third-order valence-electron chi connectivity index (χ3n) is 4.35. The summed E-state index contributed by atoms with van der Waals surface area (Å²) in [4.78, 5) is 4.84. The van der Waals surface area contributed by atoms with Gasteiger partial charge in [0.1, 0.15) is 5.82 Å². The van der Waals surface area contributed by atoms with Gasteiger partial charge in [0.25, 0.3) is 0 Å². The number of nitrogens with zero attached hydrogens (tertiary/aromatic N) is 2. The minimum absolute atomic E-state index is 0.265. The molecule has 20 heavy (non-hydrogen) atoms. The monoisotopic (exact) mass is 291 g/mol. The molecule has 0 saturated heterocycles. The van der Waals surface area contributed by atoms with Crippen molar-refractivity contribution in [1.82, 2.24) is 9.55 Å². The number of benzene rings is 1. The first-order valence-corrected chi connectivity index (χ1v) is 7.97. The van der Waals surface area contributed by atoms with E-state index in [1.54, 1.807) is 0 Å². The van der Waals surface area contributed by atoms with Gasteiger partial charge in [-0.1, -0.05) is 37.8 Å². The van der Waals surface area contributed by atoms with Crippen LogP contribution >= 0.6 is 11.6 Å². The highest BCUT2D eigenvalue weighted by molar-refractivity contribution is 6.31. The maximum atomic E-state index is 6.70. The van der Waals surface area contributed by atoms with Crippen LogP contribution in [-0.4, -0.2) is 9.55 Å². The number of fused-ring (bicyclic) bond motifs is 1. The summed E-state index contributed by atoms with van der Waals surface area (Å²) >= 11 is 6.10. The largest absolute Gasteiger partial charge is 0.326 e. The summed E-state index contributed by atoms with van der Waals surface area (Å²) in [5.74, 6) is 1.05. The van der Waals surface area contributed by atoms with Gasteiger partial charge in [-0.05, 0) is 37.5 Å². The molecule has 4 heteroatoms. The van der Waals surface area contributed by atoms with E-state index in [1.807, 2.05) is 12.1 Å². The molecule has 2 N–H and O–H groups in total. The Morgan fingerprint density at radius 2 is 2.05 bits per heavy atom. The second kappa shape index (κ2) is 5.38. The molecule has 0 spiro atoms. The molecule has 1 fully saturated rings. The molecule has 1 aromatic carbocycles. The van der Waals surface area contributed by atoms with Gasteiger partial charge in [0.05, 0.1) is 16.6 Å². The highest BCUT2D eigenvalue weighted by Gasteiger charge is 2.34. The molecule has 2 aromatic rings. The van der Waals surface area contributed by atoms with Crippen LogP contribution in [0.4, 0.5) is 0 Å². The summed E-state index contributed by atoms with van der Waals surface area (Å²) in [5.41, 5.74) is 8.56. The molecule has 0 unspecified atom stereocenters. The Hall–Kier alpha value is -1.06. The molecule has 0 amide bonds. The Morgan fingerprint density at radius 1 is 1.30 bits per heavy atom. The quantitative estimate of drug-likeness (QED) is 0.920. The van der Waals surface area contributed by atoms with Crippen molar-refractivity contribution < 1.29 is 0 Å². The zero-order valence-electron chi connectivity index (χ0n) is 12.0. The number of nitrogens with two attached hydrogens (primary N) is 1. The first kappa shape index (κ1) is 13.9. The van der Waals surface area contributed by atoms with Crippen LogP contribution in [0, 0.1) is 0 Å². The van der Waals surface area contributed by atoms with Crippen LogP contribution in [0.5, 0.6) is 0 Å². The zero-order valence-corrected chi connectivity index (χ0v) is 12.8. The lowest BCUT2D eigenvalue weighted by Crippen LogP contribution is -2.41. The van der Waals surface area contributed by atoms with Gasteiger partial charge in [-0.2, -0.15) is 0 Å². The predicted molar refractivity (Wildman–Crippen MR) is 84.0 cm³/mol. The van der Waals surface area contributed by atoms with Crippen molar-refractivity contribution in [2.75, 3.05) is 0 Å². The summed E-state index contributed by atoms with van der Waals surface area (Å²) in [6.07, 6.45) is 6.84. The zero-order chi connectivity index (χ0) is 14.2. The fraction of sp³-hybridized carbons (Fsp3) is 0.562. The Labute approximate surface area is 125 Å². The first-order chi connectivity index (χ1) is 9.64. The van der Waals surface area contributed by atoms with Crippen molar-refractivity contribution in [3.05, 3.63) is 29.0 Å². The Kier molecular flexibility index (Phi) is 3.74. The normalized spacial score (nSPS) is 18.6. The predicted octanol–water partition coefficient (Wildman–Crippen LogP) is 4.22. The van der Waals surface area contributed by atoms with Crippen LogP contribution in [0.1, 0.15) is 51.3 Å². The third kappa shape index (κ3) is 2.33. The van der Waals surface area contributed by atoms with Gasteiger partial charge in [0, 0.05) is 11.6 Å². The second-order valence-corrected chi connectivity index (χ2v) is 6.37. The third-order valence-corrected chi connectivity index (χ3v) is 4.58. The van der Waals surface area contributed by atoms with E-state index in [0.29, 0.717) is 0 Å². The molecule has 0 radical (unpaired) electrons. The number of hydrogen-bond acceptors (Lipinski definition) is 2. The van der Waals surface area contributed by atoms with Crippen LogP contribution in [0.3, 0.4) is 0 Å². The highest BCUT2D eigenvalue weighted by Crippen LogP contribution is 2.36. The van der Waals surface area contributed by atoms with E-state index in [-0.39, 0.29) is 5.54 Å². The summed E-state index contributed by atoms with van der Waals surface area (Å²) in [6, 6.07) is 5.94. The van der Waals surface area contributed by atoms with Crippen molar-refractivity contribution >= 4 is 22.6 Å². The molecule has 1 heterocycles. The number of halogens is 1. The van der Waals surface area contributed by atoms with Crippen molar-refractivity contribution in [3.63, 3.8) is 0 Å². The van der Waals surface area contributed by atoms with Gasteiger partial charge in [0.2, 0.25) is 0 Å². The molecule has 0 aliphatic heterocycles. The number of rotatable bonds is 3. The fourth-order valence-electron chi connectivity index (χ4n) is 3.34. The molecule has 3 nitrogen and oxygen atoms in total. The SMILES string of the molecule is CCCn1c(C2(N)CCCCC2)nc2cc(Cl)ccc21. The highest BCUT2D eigenvalue weighted by atomic mass is 35.5. The van der Waals surface area contributed by atoms with Crippen LogP contribution in [0.25, 0.3) is 11.0 Å². The summed E-state index contributed by atoms with van der Waals surface area (Å²) < 4.78 is 2.30. The van der Waals surface area contributed by atoms with E-state index >= 15 is 0 Å². The molecule has 0 atom stereocenters. The lowest BCUT2D eigenvalue weighted by molar-refractivity contribution is 0.278. The molecule has 0 bridgehead atoms. The summed E-state index contributed by atoms with van der Waals surface area (Å²) in [7, 11) is 0. The average Bonchev–Trinajstić information content (AvgIpc) is 2.79. The van der Waals surface area contributed by atoms with Gasteiger partial charge >= 0.3 is 0 Å². The lowest BCUT2D eigenvalue weighted by atomic mass is 9.82. The fourth-order valence-corrected chi connectivity index (χ4v) is 3.51. The van der Waals surface area contributed by atoms with Gasteiger partial charge in [0.15, 0.2) is 0 Å². The van der Waals surface area contributed by atoms with Gasteiger partial charge in [-0.25, -0.2) is 4.98 Å². The van der Waals surface area contributed by atoms with Crippen LogP contribution in [-0.2, 0) is 12.1 Å². The standard InChI is InChI=1S/C16H22ClN3/c1-2-10-20-14-7-6-12(17)11-13(14)19-15(20)16(18)8-4-3-5-9-16/h6-7,11H,2-5,8-10,18H2,1H3. The van der Waals surface area contributed by atoms with E-state index in [0.717, 1.165) is 47.7 Å². The van der Waals surface area contributed by atoms with Crippen molar-refractivity contribution in [3.8, 4) is 0 Å². The Balaban J connectivity index is 2.15. The molecule has 1 saturated carbocycles. The van der Waals surface area contributed by atoms with Crippen LogP contribution in [0.2, 0.25) is 5.02 Å². The van der Waals surface area contributed by atoms with Crippen molar-refractivity contribution in [2.24, 2.45) is 5.73 Å². The Morgan fingerprint density at radius 3 is 2.75 bits per heavy atom. The topological polar surface area (TPSA) is 43.8 Å². The average molecular weight is 292 g/mol. The lowest BCUT2D eigenvalue weighted by Gasteiger charge is -2.33. The van der Waals surface area contributed by atoms with E-state index in [1.165, 1.54) is 19.3 Å². The minimum atomic E-state index is -0.265. The second-order valence-electron chi connectivity index (χ2n) is 5.94. The van der Waals surface area contributed by atoms with Crippen molar-refractivity contribution in [1.29, 1.82) is 0 Å². The molecule has 108 valence electrons. The van der Waals surface area contributed by atoms with E-state index in [4.69, 9.17) is 22.3 Å². The smallest absolute Gasteiger partial charge is 0.130 e. The molecule has 1 aliphatic rings. The Bertz CT molecular complexity index is 611. The van der Waals surface area contributed by atoms with Gasteiger partial charge < -0.3 is 10.3 Å². The van der Waals surface area contributed by atoms with Gasteiger partial charge in [-0.3, -0.25) is 0 Å². The van der Waals surface area contributed by atoms with E-state index in [2.05, 4.69) is 17.6 Å². The molecular weight excluding hydrogens is 270 g/mol. The van der Waals surface area contributed by atoms with Crippen LogP contribution < -0.4 is 5.73 Å². The first-order valence-electron chi connectivity index (χ1n) is 7.59. The molecule has 1 aromatic heterocycles. The summed E-state index contributed by atoms with van der Waals surface area (Å²) in [5, 5.41) is 0.736. The molecular formula is C16H22ClN3. The summed E-state index contributed by atoms with van der Waals surface area (Å²) in [6.45, 7) is 3.15. The molecule has 1 aliphatic carbocycles. The molecule has 3 rings (SSSR count). The van der Waals surface area contributed by atoms with Crippen LogP contribution in [0.15, 0.2) is 18.2 Å². The van der Waals surface area contributed by atoms with Crippen molar-refractivity contribution in [2.45, 2.75) is 57.5 Å². The number of imidazole rings is 1. The maximum absolute atomic E-state index is 6.70. The number of aryl methyl sites for hydroxylation is 1. The van der Waals surface area contributed by atoms with Gasteiger partial charge in [-0.15, -0.1) is 0 Å². The van der Waals surface area contributed by atoms with E-state index < -0.39 is 0 Å². The number of hydrogen-bond donors (Lipinski definition) is 1.